The number of carbonyl (C=O) groups excluding carboxylic acids is 2. The zero-order valence-corrected chi connectivity index (χ0v) is 20.7. The van der Waals surface area contributed by atoms with Gasteiger partial charge in [-0.15, -0.1) is 0 Å². The van der Waals surface area contributed by atoms with Crippen molar-refractivity contribution in [3.05, 3.63) is 17.5 Å². The van der Waals surface area contributed by atoms with Crippen LogP contribution in [-0.4, -0.2) is 64.8 Å². The van der Waals surface area contributed by atoms with Crippen LogP contribution in [-0.2, 0) is 33.6 Å². The number of hydrogen-bond acceptors (Lipinski definition) is 7. The van der Waals surface area contributed by atoms with Gasteiger partial charge in [0.25, 0.3) is 0 Å². The zero-order chi connectivity index (χ0) is 23.5. The van der Waals surface area contributed by atoms with Crippen molar-refractivity contribution in [1.29, 1.82) is 0 Å². The first-order chi connectivity index (χ1) is 14.9. The summed E-state index contributed by atoms with van der Waals surface area (Å²) in [6, 6.07) is 0. The first-order valence-electron chi connectivity index (χ1n) is 11.8. The smallest absolute Gasteiger partial charge is 0.143 e. The summed E-state index contributed by atoms with van der Waals surface area (Å²) in [5.41, 5.74) is 0. The molecular weight excluding hydrogens is 404 g/mol. The summed E-state index contributed by atoms with van der Waals surface area (Å²) in [4.78, 5) is 37.2. The lowest BCUT2D eigenvalue weighted by atomic mass is 10.2. The molecule has 1 aromatic rings. The third-order valence-electron chi connectivity index (χ3n) is 4.54. The standard InChI is InChI=1S/C15H27N3.C9H17NO3.CH4/c1-4-7-10-13-16-14(11-8-5-2)18-15(17-13)12-9-6-3;1-8(11)6-10(4-5-13-3)7-9(2)12;/h4-12H2,1-3H3;4-7H2,1-3H3;1H4. The molecule has 0 spiro atoms. The topological polar surface area (TPSA) is 85.3 Å². The van der Waals surface area contributed by atoms with Crippen molar-refractivity contribution in [2.75, 3.05) is 33.4 Å². The summed E-state index contributed by atoms with van der Waals surface area (Å²) < 4.78 is 4.87. The number of nitrogens with zero attached hydrogens (tertiary/aromatic N) is 4. The highest BCUT2D eigenvalue weighted by molar-refractivity contribution is 5.80. The maximum atomic E-state index is 10.8. The van der Waals surface area contributed by atoms with Crippen molar-refractivity contribution in [1.82, 2.24) is 19.9 Å². The number of aromatic nitrogens is 3. The number of Topliss-reactive ketones (excluding diaryl/α,β-unsaturated/α-hetero) is 2. The third-order valence-corrected chi connectivity index (χ3v) is 4.54. The van der Waals surface area contributed by atoms with Gasteiger partial charge in [-0.25, -0.2) is 15.0 Å². The molecule has 7 nitrogen and oxygen atoms in total. The molecule has 0 aliphatic carbocycles. The van der Waals surface area contributed by atoms with Crippen LogP contribution >= 0.6 is 0 Å². The minimum absolute atomic E-state index is 0. The average molecular weight is 453 g/mol. The molecule has 1 aromatic heterocycles. The minimum Gasteiger partial charge on any atom is -0.383 e. The summed E-state index contributed by atoms with van der Waals surface area (Å²) >= 11 is 0. The van der Waals surface area contributed by atoms with E-state index in [1.165, 1.54) is 52.4 Å². The van der Waals surface area contributed by atoms with Gasteiger partial charge < -0.3 is 4.74 Å². The van der Waals surface area contributed by atoms with Crippen LogP contribution in [0, 0.1) is 0 Å². The van der Waals surface area contributed by atoms with Crippen LogP contribution in [0.15, 0.2) is 0 Å². The van der Waals surface area contributed by atoms with Crippen molar-refractivity contribution in [2.24, 2.45) is 0 Å². The van der Waals surface area contributed by atoms with Gasteiger partial charge in [-0.2, -0.15) is 0 Å². The Morgan fingerprint density at radius 2 is 1.09 bits per heavy atom. The predicted molar refractivity (Wildman–Crippen MR) is 132 cm³/mol. The van der Waals surface area contributed by atoms with Crippen LogP contribution in [0.5, 0.6) is 0 Å². The third kappa shape index (κ3) is 17.9. The van der Waals surface area contributed by atoms with Crippen LogP contribution in [0.1, 0.15) is 98.0 Å². The lowest BCUT2D eigenvalue weighted by Gasteiger charge is -2.18. The Balaban J connectivity index is 0. The number of carbonyl (C=O) groups is 2. The van der Waals surface area contributed by atoms with E-state index < -0.39 is 0 Å². The largest absolute Gasteiger partial charge is 0.383 e. The zero-order valence-electron chi connectivity index (χ0n) is 20.7. The molecule has 0 aromatic carbocycles. The normalized spacial score (nSPS) is 10.3. The Kier molecular flexibility index (Phi) is 21.4. The molecule has 0 aliphatic rings. The van der Waals surface area contributed by atoms with Crippen LogP contribution in [0.25, 0.3) is 0 Å². The van der Waals surface area contributed by atoms with Crippen molar-refractivity contribution < 1.29 is 14.3 Å². The Hall–Kier alpha value is -1.73. The van der Waals surface area contributed by atoms with E-state index in [-0.39, 0.29) is 19.0 Å². The number of rotatable bonds is 16. The number of aryl methyl sites for hydroxylation is 3. The minimum atomic E-state index is 0. The lowest BCUT2D eigenvalue weighted by molar-refractivity contribution is -0.121. The predicted octanol–water partition coefficient (Wildman–Crippen LogP) is 4.65. The Morgan fingerprint density at radius 1 is 0.750 bits per heavy atom. The lowest BCUT2D eigenvalue weighted by Crippen LogP contribution is -2.35. The summed E-state index contributed by atoms with van der Waals surface area (Å²) in [6.45, 7) is 11.5. The molecule has 0 saturated carbocycles. The molecule has 32 heavy (non-hydrogen) atoms. The van der Waals surface area contributed by atoms with Crippen LogP contribution in [0.2, 0.25) is 0 Å². The quantitative estimate of drug-likeness (QED) is 0.361. The van der Waals surface area contributed by atoms with E-state index in [4.69, 9.17) is 4.74 Å². The molecule has 0 unspecified atom stereocenters. The first kappa shape index (κ1) is 32.4. The highest BCUT2D eigenvalue weighted by Gasteiger charge is 2.09. The molecule has 7 heteroatoms. The fraction of sp³-hybridized carbons (Fsp3) is 0.800. The maximum Gasteiger partial charge on any atom is 0.143 e. The van der Waals surface area contributed by atoms with Crippen molar-refractivity contribution in [2.45, 2.75) is 99.8 Å². The van der Waals surface area contributed by atoms with Gasteiger partial charge in [0.15, 0.2) is 0 Å². The second kappa shape index (κ2) is 21.1. The Labute approximate surface area is 196 Å². The second-order valence-electron chi connectivity index (χ2n) is 8.00. The monoisotopic (exact) mass is 452 g/mol. The molecule has 0 aliphatic heterocycles. The average Bonchev–Trinajstić information content (AvgIpc) is 2.72. The highest BCUT2D eigenvalue weighted by Crippen LogP contribution is 2.07. The number of methoxy groups -OCH3 is 1. The molecule has 0 N–H and O–H groups in total. The Bertz CT molecular complexity index is 542. The molecule has 0 atom stereocenters. The van der Waals surface area contributed by atoms with Gasteiger partial charge in [0.1, 0.15) is 29.0 Å². The summed E-state index contributed by atoms with van der Waals surface area (Å²) in [6.07, 6.45) is 10.1. The number of ether oxygens (including phenoxy) is 1. The van der Waals surface area contributed by atoms with Gasteiger partial charge in [-0.05, 0) is 33.1 Å². The fourth-order valence-electron chi connectivity index (χ4n) is 2.93. The molecule has 1 rings (SSSR count). The van der Waals surface area contributed by atoms with E-state index in [9.17, 15) is 9.59 Å². The van der Waals surface area contributed by atoms with Gasteiger partial charge in [-0.1, -0.05) is 47.5 Å². The van der Waals surface area contributed by atoms with E-state index in [0.717, 1.165) is 36.7 Å². The molecule has 0 amide bonds. The SMILES string of the molecule is C.CCCCc1nc(CCCC)nc(CCCC)n1.COCCN(CC(C)=O)CC(C)=O. The van der Waals surface area contributed by atoms with Gasteiger partial charge in [-0.3, -0.25) is 14.5 Å². The second-order valence-corrected chi connectivity index (χ2v) is 8.00. The molecule has 0 fully saturated rings. The van der Waals surface area contributed by atoms with Crippen molar-refractivity contribution >= 4 is 11.6 Å². The molecular formula is C25H48N4O3. The Morgan fingerprint density at radius 3 is 1.34 bits per heavy atom. The van der Waals surface area contributed by atoms with Gasteiger partial charge in [0.2, 0.25) is 0 Å². The molecule has 0 saturated heterocycles. The van der Waals surface area contributed by atoms with Crippen LogP contribution < -0.4 is 0 Å². The van der Waals surface area contributed by atoms with Crippen LogP contribution in [0.3, 0.4) is 0 Å². The summed E-state index contributed by atoms with van der Waals surface area (Å²) in [5.74, 6) is 3.15. The van der Waals surface area contributed by atoms with E-state index in [2.05, 4.69) is 35.7 Å². The highest BCUT2D eigenvalue weighted by atomic mass is 16.5. The molecule has 0 bridgehead atoms. The fourth-order valence-corrected chi connectivity index (χ4v) is 2.93. The molecule has 1 heterocycles. The molecule has 186 valence electrons. The molecule has 0 radical (unpaired) electrons. The first-order valence-corrected chi connectivity index (χ1v) is 11.8. The number of ketones is 2. The number of unbranched alkanes of at least 4 members (excludes halogenated alkanes) is 3. The van der Waals surface area contributed by atoms with E-state index in [1.807, 2.05) is 0 Å². The van der Waals surface area contributed by atoms with Crippen LogP contribution in [0.4, 0.5) is 0 Å². The van der Waals surface area contributed by atoms with E-state index in [1.54, 1.807) is 12.0 Å². The van der Waals surface area contributed by atoms with E-state index in [0.29, 0.717) is 26.2 Å². The summed E-state index contributed by atoms with van der Waals surface area (Å²) in [5, 5.41) is 0. The summed E-state index contributed by atoms with van der Waals surface area (Å²) in [7, 11) is 1.60. The van der Waals surface area contributed by atoms with Crippen molar-refractivity contribution in [3.63, 3.8) is 0 Å². The van der Waals surface area contributed by atoms with Gasteiger partial charge in [0.05, 0.1) is 19.7 Å². The number of hydrogen-bond donors (Lipinski definition) is 0. The van der Waals surface area contributed by atoms with Gasteiger partial charge >= 0.3 is 0 Å². The maximum absolute atomic E-state index is 10.8. The van der Waals surface area contributed by atoms with E-state index >= 15 is 0 Å². The van der Waals surface area contributed by atoms with Crippen molar-refractivity contribution in [3.8, 4) is 0 Å². The van der Waals surface area contributed by atoms with Gasteiger partial charge in [0, 0.05) is 32.9 Å².